The first-order valence-corrected chi connectivity index (χ1v) is 8.64. The number of aryl methyl sites for hydroxylation is 1. The predicted octanol–water partition coefficient (Wildman–Crippen LogP) is 3.48. The summed E-state index contributed by atoms with van der Waals surface area (Å²) in [5.74, 6) is -2.53. The molecule has 8 heteroatoms. The second-order valence-corrected chi connectivity index (χ2v) is 6.57. The molecule has 2 rings (SSSR count). The van der Waals surface area contributed by atoms with Crippen LogP contribution >= 0.6 is 11.3 Å². The van der Waals surface area contributed by atoms with Gasteiger partial charge in [-0.2, -0.15) is 0 Å². The normalized spacial score (nSPS) is 10.3. The molecule has 0 fully saturated rings. The van der Waals surface area contributed by atoms with Crippen molar-refractivity contribution >= 4 is 34.2 Å². The standard InChI is InChI=1S/C18H18FNO5S/c1-4-24-18(23)15-10(2)11(3)26-16(15)20-14(21)9-25-17(22)12-6-5-7-13(19)8-12/h5-8H,4,9H2,1-3H3,(H,20,21). The summed E-state index contributed by atoms with van der Waals surface area (Å²) in [6, 6.07) is 4.97. The van der Waals surface area contributed by atoms with Gasteiger partial charge in [0.2, 0.25) is 0 Å². The zero-order valence-electron chi connectivity index (χ0n) is 14.6. The minimum Gasteiger partial charge on any atom is -0.462 e. The van der Waals surface area contributed by atoms with E-state index in [2.05, 4.69) is 5.32 Å². The van der Waals surface area contributed by atoms with Gasteiger partial charge in [-0.3, -0.25) is 4.79 Å². The number of nitrogens with one attached hydrogen (secondary N) is 1. The smallest absolute Gasteiger partial charge is 0.341 e. The Kier molecular flexibility index (Phi) is 6.46. The average molecular weight is 379 g/mol. The van der Waals surface area contributed by atoms with E-state index in [-0.39, 0.29) is 12.2 Å². The number of anilines is 1. The predicted molar refractivity (Wildman–Crippen MR) is 95.1 cm³/mol. The van der Waals surface area contributed by atoms with Crippen LogP contribution in [0.4, 0.5) is 9.39 Å². The van der Waals surface area contributed by atoms with E-state index in [4.69, 9.17) is 9.47 Å². The highest BCUT2D eigenvalue weighted by Gasteiger charge is 2.22. The zero-order valence-corrected chi connectivity index (χ0v) is 15.4. The van der Waals surface area contributed by atoms with Crippen molar-refractivity contribution in [3.63, 3.8) is 0 Å². The van der Waals surface area contributed by atoms with Crippen molar-refractivity contribution in [2.24, 2.45) is 0 Å². The number of hydrogen-bond acceptors (Lipinski definition) is 6. The summed E-state index contributed by atoms with van der Waals surface area (Å²) in [7, 11) is 0. The molecular formula is C18H18FNO5S. The summed E-state index contributed by atoms with van der Waals surface area (Å²) in [5.41, 5.74) is 1.02. The Morgan fingerprint density at radius 2 is 1.88 bits per heavy atom. The Morgan fingerprint density at radius 3 is 2.54 bits per heavy atom. The maximum Gasteiger partial charge on any atom is 0.341 e. The molecule has 0 unspecified atom stereocenters. The third kappa shape index (κ3) is 4.66. The Balaban J connectivity index is 2.03. The molecule has 1 aromatic carbocycles. The van der Waals surface area contributed by atoms with Gasteiger partial charge in [0.1, 0.15) is 10.8 Å². The molecule has 0 saturated carbocycles. The molecule has 0 spiro atoms. The Morgan fingerprint density at radius 1 is 1.15 bits per heavy atom. The van der Waals surface area contributed by atoms with Gasteiger partial charge in [-0.15, -0.1) is 11.3 Å². The van der Waals surface area contributed by atoms with Gasteiger partial charge in [0.25, 0.3) is 5.91 Å². The zero-order chi connectivity index (χ0) is 19.3. The van der Waals surface area contributed by atoms with Crippen molar-refractivity contribution in [3.8, 4) is 0 Å². The lowest BCUT2D eigenvalue weighted by molar-refractivity contribution is -0.119. The van der Waals surface area contributed by atoms with E-state index in [0.717, 1.165) is 16.5 Å². The van der Waals surface area contributed by atoms with Crippen LogP contribution < -0.4 is 5.32 Å². The molecule has 2 aromatic rings. The molecule has 0 aliphatic heterocycles. The number of thiophene rings is 1. The van der Waals surface area contributed by atoms with Crippen LogP contribution in [-0.4, -0.2) is 31.1 Å². The van der Waals surface area contributed by atoms with Crippen LogP contribution in [0.2, 0.25) is 0 Å². The number of rotatable bonds is 6. The van der Waals surface area contributed by atoms with Crippen molar-refractivity contribution in [1.29, 1.82) is 0 Å². The number of benzene rings is 1. The maximum absolute atomic E-state index is 13.1. The number of hydrogen-bond donors (Lipinski definition) is 1. The fraction of sp³-hybridized carbons (Fsp3) is 0.278. The van der Waals surface area contributed by atoms with E-state index >= 15 is 0 Å². The van der Waals surface area contributed by atoms with Gasteiger partial charge in [0.15, 0.2) is 6.61 Å². The van der Waals surface area contributed by atoms with E-state index in [1.54, 1.807) is 13.8 Å². The molecule has 1 N–H and O–H groups in total. The molecular weight excluding hydrogens is 361 g/mol. The lowest BCUT2D eigenvalue weighted by atomic mass is 10.1. The second kappa shape index (κ2) is 8.57. The highest BCUT2D eigenvalue weighted by molar-refractivity contribution is 7.16. The third-order valence-electron chi connectivity index (χ3n) is 3.51. The number of carbonyl (C=O) groups excluding carboxylic acids is 3. The minimum atomic E-state index is -0.816. The van der Waals surface area contributed by atoms with Crippen molar-refractivity contribution in [3.05, 3.63) is 51.7 Å². The lowest BCUT2D eigenvalue weighted by Crippen LogP contribution is -2.21. The molecule has 0 aliphatic carbocycles. The number of carbonyl (C=O) groups is 3. The number of amides is 1. The van der Waals surface area contributed by atoms with Crippen LogP contribution in [0.5, 0.6) is 0 Å². The van der Waals surface area contributed by atoms with Crippen LogP contribution in [0.3, 0.4) is 0 Å². The van der Waals surface area contributed by atoms with E-state index in [0.29, 0.717) is 10.6 Å². The Hall–Kier alpha value is -2.74. The largest absolute Gasteiger partial charge is 0.462 e. The lowest BCUT2D eigenvalue weighted by Gasteiger charge is -2.08. The molecule has 0 atom stereocenters. The summed E-state index contributed by atoms with van der Waals surface area (Å²) in [4.78, 5) is 36.8. The molecule has 0 saturated heterocycles. The molecule has 0 radical (unpaired) electrons. The second-order valence-electron chi connectivity index (χ2n) is 5.34. The Bertz CT molecular complexity index is 846. The fourth-order valence-electron chi connectivity index (χ4n) is 2.16. The molecule has 1 aromatic heterocycles. The number of esters is 2. The average Bonchev–Trinajstić information content (AvgIpc) is 2.86. The van der Waals surface area contributed by atoms with Gasteiger partial charge in [0.05, 0.1) is 17.7 Å². The molecule has 138 valence electrons. The van der Waals surface area contributed by atoms with Crippen LogP contribution in [0.1, 0.15) is 38.1 Å². The van der Waals surface area contributed by atoms with Gasteiger partial charge < -0.3 is 14.8 Å². The minimum absolute atomic E-state index is 0.00725. The van der Waals surface area contributed by atoms with Crippen molar-refractivity contribution in [1.82, 2.24) is 0 Å². The molecule has 1 heterocycles. The van der Waals surface area contributed by atoms with Crippen molar-refractivity contribution in [2.45, 2.75) is 20.8 Å². The summed E-state index contributed by atoms with van der Waals surface area (Å²) in [6.07, 6.45) is 0. The summed E-state index contributed by atoms with van der Waals surface area (Å²) < 4.78 is 23.0. The molecule has 1 amide bonds. The van der Waals surface area contributed by atoms with E-state index in [1.165, 1.54) is 29.5 Å². The summed E-state index contributed by atoms with van der Waals surface area (Å²) in [6.45, 7) is 4.93. The molecule has 0 bridgehead atoms. The Labute approximate surface area is 153 Å². The van der Waals surface area contributed by atoms with Gasteiger partial charge in [-0.25, -0.2) is 14.0 Å². The molecule has 6 nitrogen and oxygen atoms in total. The monoisotopic (exact) mass is 379 g/mol. The molecule has 0 aliphatic rings. The first-order valence-electron chi connectivity index (χ1n) is 7.83. The van der Waals surface area contributed by atoms with Crippen molar-refractivity contribution in [2.75, 3.05) is 18.5 Å². The van der Waals surface area contributed by atoms with Crippen LogP contribution in [0.25, 0.3) is 0 Å². The van der Waals surface area contributed by atoms with Crippen LogP contribution in [0, 0.1) is 19.7 Å². The van der Waals surface area contributed by atoms with E-state index < -0.39 is 30.3 Å². The quantitative estimate of drug-likeness (QED) is 0.777. The highest BCUT2D eigenvalue weighted by atomic mass is 32.1. The summed E-state index contributed by atoms with van der Waals surface area (Å²) >= 11 is 1.23. The van der Waals surface area contributed by atoms with Crippen molar-refractivity contribution < 1.29 is 28.2 Å². The number of ether oxygens (including phenoxy) is 2. The van der Waals surface area contributed by atoms with Crippen LogP contribution in [-0.2, 0) is 14.3 Å². The highest BCUT2D eigenvalue weighted by Crippen LogP contribution is 2.33. The fourth-order valence-corrected chi connectivity index (χ4v) is 3.22. The van der Waals surface area contributed by atoms with Gasteiger partial charge in [0, 0.05) is 4.88 Å². The third-order valence-corrected chi connectivity index (χ3v) is 4.64. The van der Waals surface area contributed by atoms with Gasteiger partial charge in [-0.05, 0) is 44.5 Å². The first-order chi connectivity index (χ1) is 12.3. The van der Waals surface area contributed by atoms with Gasteiger partial charge >= 0.3 is 11.9 Å². The first kappa shape index (κ1) is 19.6. The summed E-state index contributed by atoms with van der Waals surface area (Å²) in [5, 5.41) is 2.90. The molecule has 26 heavy (non-hydrogen) atoms. The van der Waals surface area contributed by atoms with E-state index in [1.807, 2.05) is 6.92 Å². The van der Waals surface area contributed by atoms with E-state index in [9.17, 15) is 18.8 Å². The SMILES string of the molecule is CCOC(=O)c1c(NC(=O)COC(=O)c2cccc(F)c2)sc(C)c1C. The van der Waals surface area contributed by atoms with Gasteiger partial charge in [-0.1, -0.05) is 6.07 Å². The topological polar surface area (TPSA) is 81.7 Å². The number of halogens is 1. The van der Waals surface area contributed by atoms with Crippen LogP contribution in [0.15, 0.2) is 24.3 Å². The maximum atomic E-state index is 13.1.